The molecule has 0 aliphatic rings. The van der Waals surface area contributed by atoms with Crippen molar-refractivity contribution in [2.45, 2.75) is 96.2 Å². The number of hydrogen-bond acceptors (Lipinski definition) is 4. The highest BCUT2D eigenvalue weighted by molar-refractivity contribution is 6.07. The molecule has 43 heavy (non-hydrogen) atoms. The lowest BCUT2D eigenvalue weighted by Crippen LogP contribution is -2.64. The zero-order chi connectivity index (χ0) is 30.8. The Hall–Kier alpha value is -3.91. The van der Waals surface area contributed by atoms with Gasteiger partial charge in [-0.05, 0) is 44.4 Å². The molecule has 0 spiro atoms. The number of fused-ring (bicyclic) bond motifs is 3. The van der Waals surface area contributed by atoms with E-state index in [9.17, 15) is 19.8 Å². The van der Waals surface area contributed by atoms with Crippen molar-refractivity contribution >= 4 is 33.8 Å². The van der Waals surface area contributed by atoms with E-state index in [1.54, 1.807) is 13.1 Å². The molecule has 3 atom stereocenters. The van der Waals surface area contributed by atoms with Gasteiger partial charge in [0, 0.05) is 34.4 Å². The van der Waals surface area contributed by atoms with Gasteiger partial charge in [-0.25, -0.2) is 4.79 Å². The van der Waals surface area contributed by atoms with E-state index in [0.717, 1.165) is 46.6 Å². The lowest BCUT2D eigenvalue weighted by Gasteiger charge is -2.42. The number of para-hydroxylation sites is 1. The van der Waals surface area contributed by atoms with E-state index < -0.39 is 29.6 Å². The fraction of sp³-hybridized carbons (Fsp3) is 0.457. The van der Waals surface area contributed by atoms with Gasteiger partial charge in [0.05, 0.1) is 24.4 Å². The predicted molar refractivity (Wildman–Crippen MR) is 172 cm³/mol. The van der Waals surface area contributed by atoms with Crippen LogP contribution >= 0.6 is 0 Å². The molecule has 4 N–H and O–H groups in total. The van der Waals surface area contributed by atoms with E-state index in [1.807, 2.05) is 67.6 Å². The van der Waals surface area contributed by atoms with Crippen LogP contribution < -0.4 is 5.32 Å². The molecule has 0 saturated carbocycles. The third-order valence-corrected chi connectivity index (χ3v) is 8.50. The number of aliphatic hydroxyl groups excluding tert-OH is 1. The number of nitrogens with zero attached hydrogens (tertiary/aromatic N) is 2. The van der Waals surface area contributed by atoms with Crippen LogP contribution in [0.3, 0.4) is 0 Å². The molecule has 2 heterocycles. The second kappa shape index (κ2) is 15.0. The van der Waals surface area contributed by atoms with Crippen molar-refractivity contribution in [3.05, 3.63) is 78.1 Å². The molecule has 3 unspecified atom stereocenters. The number of rotatable bonds is 16. The smallest absolute Gasteiger partial charge is 0.408 e. The van der Waals surface area contributed by atoms with Crippen LogP contribution in [0.15, 0.2) is 66.9 Å². The molecule has 0 fully saturated rings. The minimum Gasteiger partial charge on any atom is -0.465 e. The Balaban J connectivity index is 1.64. The predicted octanol–water partition coefficient (Wildman–Crippen LogP) is 6.86. The molecule has 0 aliphatic carbocycles. The van der Waals surface area contributed by atoms with Crippen molar-refractivity contribution < 1.29 is 19.8 Å². The van der Waals surface area contributed by atoms with Crippen LogP contribution in [0.2, 0.25) is 0 Å². The number of pyridine rings is 1. The summed E-state index contributed by atoms with van der Waals surface area (Å²) < 4.78 is 0. The highest BCUT2D eigenvalue weighted by atomic mass is 16.4. The average Bonchev–Trinajstić information content (AvgIpc) is 3.37. The molecule has 0 aliphatic heterocycles. The fourth-order valence-electron chi connectivity index (χ4n) is 6.15. The summed E-state index contributed by atoms with van der Waals surface area (Å²) in [4.78, 5) is 36.5. The summed E-state index contributed by atoms with van der Waals surface area (Å²) in [5.41, 5.74) is 2.00. The van der Waals surface area contributed by atoms with E-state index in [4.69, 9.17) is 0 Å². The number of amides is 2. The number of nitrogens with one attached hydrogen (secondary N) is 2. The van der Waals surface area contributed by atoms with Gasteiger partial charge >= 0.3 is 6.09 Å². The average molecular weight is 587 g/mol. The van der Waals surface area contributed by atoms with Gasteiger partial charge in [-0.2, -0.15) is 0 Å². The Morgan fingerprint density at radius 1 is 0.977 bits per heavy atom. The van der Waals surface area contributed by atoms with Gasteiger partial charge in [0.25, 0.3) is 0 Å². The zero-order valence-electron chi connectivity index (χ0n) is 25.7. The SMILES string of the molecule is CCCCCCCCC(C)N(C(=O)O)C(C)(Cc1cc2c(cn1)[nH]c1ccccc12)C(=O)NC(CO)Cc1ccccc1. The molecule has 4 rings (SSSR count). The molecule has 4 aromatic rings. The summed E-state index contributed by atoms with van der Waals surface area (Å²) in [5, 5.41) is 25.8. The summed E-state index contributed by atoms with van der Waals surface area (Å²) in [7, 11) is 0. The highest BCUT2D eigenvalue weighted by Gasteiger charge is 2.45. The van der Waals surface area contributed by atoms with Crippen LogP contribution in [-0.4, -0.2) is 61.3 Å². The monoisotopic (exact) mass is 586 g/mol. The number of carboxylic acid groups (broad SMARTS) is 1. The second-order valence-electron chi connectivity index (χ2n) is 11.9. The second-order valence-corrected chi connectivity index (χ2v) is 11.9. The number of carbonyl (C=O) groups is 2. The van der Waals surface area contributed by atoms with E-state index in [1.165, 1.54) is 24.2 Å². The number of unbranched alkanes of at least 4 members (excludes halogenated alkanes) is 5. The first-order valence-corrected chi connectivity index (χ1v) is 15.6. The van der Waals surface area contributed by atoms with Crippen LogP contribution in [0.4, 0.5) is 4.79 Å². The third kappa shape index (κ3) is 7.93. The van der Waals surface area contributed by atoms with Crippen molar-refractivity contribution in [3.63, 3.8) is 0 Å². The maximum absolute atomic E-state index is 14.2. The maximum atomic E-state index is 14.2. The Morgan fingerprint density at radius 2 is 1.67 bits per heavy atom. The molecule has 2 aromatic heterocycles. The van der Waals surface area contributed by atoms with Crippen LogP contribution in [0.5, 0.6) is 0 Å². The first-order valence-electron chi connectivity index (χ1n) is 15.6. The van der Waals surface area contributed by atoms with E-state index >= 15 is 0 Å². The standard InChI is InChI=1S/C35H46N4O4/c1-4-5-6-7-8-10-15-25(2)39(34(42)43)35(3,33(41)37-28(24-40)20-26-16-11-9-12-17-26)22-27-21-30-29-18-13-14-19-31(29)38-32(30)23-36-27/h9,11-14,16-19,21,23,25,28,38,40H,4-8,10,15,20,22,24H2,1-3H3,(H,37,41)(H,42,43). The largest absolute Gasteiger partial charge is 0.465 e. The van der Waals surface area contributed by atoms with E-state index in [2.05, 4.69) is 22.2 Å². The molecule has 8 nitrogen and oxygen atoms in total. The fourth-order valence-corrected chi connectivity index (χ4v) is 6.15. The maximum Gasteiger partial charge on any atom is 0.408 e. The molecule has 0 saturated heterocycles. The minimum absolute atomic E-state index is 0.0882. The van der Waals surface area contributed by atoms with Crippen LogP contribution in [0.25, 0.3) is 21.8 Å². The number of aromatic amines is 1. The van der Waals surface area contributed by atoms with Crippen molar-refractivity contribution in [2.24, 2.45) is 0 Å². The molecular formula is C35H46N4O4. The highest BCUT2D eigenvalue weighted by Crippen LogP contribution is 2.30. The summed E-state index contributed by atoms with van der Waals surface area (Å²) >= 11 is 0. The number of H-pyrrole nitrogens is 1. The van der Waals surface area contributed by atoms with Gasteiger partial charge < -0.3 is 20.5 Å². The van der Waals surface area contributed by atoms with Crippen LogP contribution in [0, 0.1) is 0 Å². The first kappa shape index (κ1) is 32.0. The summed E-state index contributed by atoms with van der Waals surface area (Å²) in [6.45, 7) is 5.49. The third-order valence-electron chi connectivity index (χ3n) is 8.50. The van der Waals surface area contributed by atoms with Crippen LogP contribution in [0.1, 0.15) is 77.0 Å². The Labute approximate surface area is 254 Å². The summed E-state index contributed by atoms with van der Waals surface area (Å²) in [6, 6.07) is 18.6. The van der Waals surface area contributed by atoms with Gasteiger partial charge in [0.1, 0.15) is 5.54 Å². The number of carbonyl (C=O) groups excluding carboxylic acids is 1. The zero-order valence-corrected chi connectivity index (χ0v) is 25.7. The Kier molecular flexibility index (Phi) is 11.2. The molecular weight excluding hydrogens is 540 g/mol. The molecule has 0 bridgehead atoms. The van der Waals surface area contributed by atoms with Crippen molar-refractivity contribution in [3.8, 4) is 0 Å². The van der Waals surface area contributed by atoms with E-state index in [-0.39, 0.29) is 13.0 Å². The quantitative estimate of drug-likeness (QED) is 0.107. The first-order chi connectivity index (χ1) is 20.8. The van der Waals surface area contributed by atoms with E-state index in [0.29, 0.717) is 18.5 Å². The van der Waals surface area contributed by atoms with Gasteiger partial charge in [-0.3, -0.25) is 14.7 Å². The minimum atomic E-state index is -1.47. The number of aliphatic hydroxyl groups is 1. The number of aromatic nitrogens is 2. The Morgan fingerprint density at radius 3 is 2.40 bits per heavy atom. The van der Waals surface area contributed by atoms with Gasteiger partial charge in [0.2, 0.25) is 5.91 Å². The summed E-state index contributed by atoms with van der Waals surface area (Å²) in [5.74, 6) is -0.444. The summed E-state index contributed by atoms with van der Waals surface area (Å²) in [6.07, 6.45) is 8.38. The normalized spacial score (nSPS) is 14.3. The molecule has 2 amide bonds. The van der Waals surface area contributed by atoms with Crippen molar-refractivity contribution in [2.75, 3.05) is 6.61 Å². The number of hydrogen-bond donors (Lipinski definition) is 4. The Bertz CT molecular complexity index is 1490. The lowest BCUT2D eigenvalue weighted by molar-refractivity contribution is -0.134. The lowest BCUT2D eigenvalue weighted by atomic mass is 9.88. The molecule has 230 valence electrons. The topological polar surface area (TPSA) is 119 Å². The molecule has 8 heteroatoms. The number of benzene rings is 2. The van der Waals surface area contributed by atoms with Crippen molar-refractivity contribution in [1.29, 1.82) is 0 Å². The van der Waals surface area contributed by atoms with Gasteiger partial charge in [-0.1, -0.05) is 94.0 Å². The van der Waals surface area contributed by atoms with Gasteiger partial charge in [0.15, 0.2) is 0 Å². The van der Waals surface area contributed by atoms with Crippen LogP contribution in [-0.2, 0) is 17.6 Å². The molecule has 2 aromatic carbocycles. The van der Waals surface area contributed by atoms with Gasteiger partial charge in [-0.15, -0.1) is 0 Å². The van der Waals surface area contributed by atoms with Crippen molar-refractivity contribution in [1.82, 2.24) is 20.2 Å². The molecule has 0 radical (unpaired) electrons.